The predicted molar refractivity (Wildman–Crippen MR) is 190 cm³/mol. The number of hydrogen-bond donors (Lipinski definition) is 0. The molecule has 0 aliphatic heterocycles. The fraction of sp³-hybridized carbons (Fsp3) is 0.0263. The van der Waals surface area contributed by atoms with Crippen LogP contribution in [-0.4, -0.2) is 23.0 Å². The monoisotopic (exact) mass is 621 g/mol. The summed E-state index contributed by atoms with van der Waals surface area (Å²) in [6.45, 7) is 0. The fourth-order valence-electron chi connectivity index (χ4n) is 5.04. The highest BCUT2D eigenvalue weighted by molar-refractivity contribution is 7.19. The Hall–Kier alpha value is -5.37. The molecule has 0 fully saturated rings. The molecule has 0 atom stereocenters. The first kappa shape index (κ1) is 28.4. The Labute approximate surface area is 269 Å². The van der Waals surface area contributed by atoms with Crippen LogP contribution in [0.5, 0.6) is 0 Å². The SMILES string of the molecule is COC(=O)c1ccc(N(c2ccc(/C=C/c3nc4ccccc4s3)cc2)c2ccc(/C=C/c3nc4ccccc4s3)cc2)cc1. The molecule has 0 saturated carbocycles. The van der Waals surface area contributed by atoms with Gasteiger partial charge in [0.15, 0.2) is 0 Å². The molecule has 2 heterocycles. The molecule has 0 N–H and O–H groups in total. The highest BCUT2D eigenvalue weighted by atomic mass is 32.1. The van der Waals surface area contributed by atoms with Crippen molar-refractivity contribution in [1.29, 1.82) is 0 Å². The standard InChI is InChI=1S/C38H27N3O2S2/c1-43-38(42)28-16-22-31(23-17-28)41(29-18-10-26(11-19-29)14-24-36-39-32-6-2-4-8-34(32)44-36)30-20-12-27(13-21-30)15-25-37-40-33-7-3-5-9-35(33)45-37/h2-25H,1H3/b24-14+,25-15+. The maximum atomic E-state index is 12.1. The zero-order chi connectivity index (χ0) is 30.6. The van der Waals surface area contributed by atoms with Crippen LogP contribution in [0.2, 0.25) is 0 Å². The summed E-state index contributed by atoms with van der Waals surface area (Å²) in [5.74, 6) is -0.360. The van der Waals surface area contributed by atoms with Crippen molar-refractivity contribution >= 4 is 90.4 Å². The van der Waals surface area contributed by atoms with Crippen molar-refractivity contribution in [1.82, 2.24) is 9.97 Å². The molecular formula is C38H27N3O2S2. The number of rotatable bonds is 8. The summed E-state index contributed by atoms with van der Waals surface area (Å²) >= 11 is 3.36. The van der Waals surface area contributed by atoms with Crippen molar-refractivity contribution in [2.24, 2.45) is 0 Å². The summed E-state index contributed by atoms with van der Waals surface area (Å²) in [5, 5.41) is 1.95. The van der Waals surface area contributed by atoms with Crippen molar-refractivity contribution in [3.05, 3.63) is 148 Å². The van der Waals surface area contributed by atoms with E-state index in [1.165, 1.54) is 16.5 Å². The van der Waals surface area contributed by atoms with Gasteiger partial charge in [-0.1, -0.05) is 60.7 Å². The van der Waals surface area contributed by atoms with Crippen LogP contribution in [0.3, 0.4) is 0 Å². The molecule has 218 valence electrons. The van der Waals surface area contributed by atoms with Gasteiger partial charge in [0.2, 0.25) is 0 Å². The minimum Gasteiger partial charge on any atom is -0.465 e. The summed E-state index contributed by atoms with van der Waals surface area (Å²) < 4.78 is 7.26. The molecule has 0 unspecified atom stereocenters. The molecule has 7 heteroatoms. The molecule has 0 saturated heterocycles. The number of carbonyl (C=O) groups is 1. The van der Waals surface area contributed by atoms with Gasteiger partial charge in [-0.15, -0.1) is 22.7 Å². The topological polar surface area (TPSA) is 55.3 Å². The van der Waals surface area contributed by atoms with Gasteiger partial charge in [0.1, 0.15) is 10.0 Å². The molecule has 2 aromatic heterocycles. The van der Waals surface area contributed by atoms with Crippen molar-refractivity contribution in [2.75, 3.05) is 12.0 Å². The Morgan fingerprint density at radius 3 is 1.42 bits per heavy atom. The summed E-state index contributed by atoms with van der Waals surface area (Å²) in [6.07, 6.45) is 8.29. The Bertz CT molecular complexity index is 1970. The van der Waals surface area contributed by atoms with E-state index in [1.54, 1.807) is 34.8 Å². The number of esters is 1. The van der Waals surface area contributed by atoms with Gasteiger partial charge in [-0.3, -0.25) is 0 Å². The van der Waals surface area contributed by atoms with Gasteiger partial charge < -0.3 is 9.64 Å². The zero-order valence-electron chi connectivity index (χ0n) is 24.3. The number of fused-ring (bicyclic) bond motifs is 2. The van der Waals surface area contributed by atoms with E-state index < -0.39 is 0 Å². The molecule has 7 rings (SSSR count). The maximum absolute atomic E-state index is 12.1. The number of methoxy groups -OCH3 is 1. The van der Waals surface area contributed by atoms with Gasteiger partial charge in [0, 0.05) is 17.1 Å². The third-order valence-corrected chi connectivity index (χ3v) is 9.31. The minimum atomic E-state index is -0.360. The van der Waals surface area contributed by atoms with Gasteiger partial charge in [0.05, 0.1) is 33.1 Å². The molecule has 0 aliphatic carbocycles. The van der Waals surface area contributed by atoms with Crippen LogP contribution in [-0.2, 0) is 4.74 Å². The van der Waals surface area contributed by atoms with Crippen LogP contribution in [0.25, 0.3) is 44.7 Å². The van der Waals surface area contributed by atoms with Crippen LogP contribution < -0.4 is 4.90 Å². The van der Waals surface area contributed by atoms with Gasteiger partial charge >= 0.3 is 5.97 Å². The average molecular weight is 622 g/mol. The molecule has 0 radical (unpaired) electrons. The van der Waals surface area contributed by atoms with E-state index in [4.69, 9.17) is 14.7 Å². The largest absolute Gasteiger partial charge is 0.465 e. The van der Waals surface area contributed by atoms with Gasteiger partial charge in [-0.25, -0.2) is 14.8 Å². The van der Waals surface area contributed by atoms with E-state index in [9.17, 15) is 4.79 Å². The first-order valence-corrected chi connectivity index (χ1v) is 16.0. The lowest BCUT2D eigenvalue weighted by molar-refractivity contribution is 0.0600. The number of aromatic nitrogens is 2. The molecule has 0 amide bonds. The number of nitrogens with zero attached hydrogens (tertiary/aromatic N) is 3. The number of hydrogen-bond acceptors (Lipinski definition) is 7. The maximum Gasteiger partial charge on any atom is 0.337 e. The minimum absolute atomic E-state index is 0.360. The molecule has 5 aromatic carbocycles. The molecule has 0 aliphatic rings. The second-order valence-corrected chi connectivity index (χ2v) is 12.4. The third-order valence-electron chi connectivity index (χ3n) is 7.31. The summed E-state index contributed by atoms with van der Waals surface area (Å²) in [6, 6.07) is 40.6. The van der Waals surface area contributed by atoms with E-state index in [0.29, 0.717) is 5.56 Å². The molecule has 7 aromatic rings. The molecular weight excluding hydrogens is 595 g/mol. The molecule has 0 bridgehead atoms. The average Bonchev–Trinajstić information content (AvgIpc) is 3.71. The lowest BCUT2D eigenvalue weighted by Crippen LogP contribution is -2.10. The number of para-hydroxylation sites is 2. The van der Waals surface area contributed by atoms with Crippen LogP contribution >= 0.6 is 22.7 Å². The second-order valence-electron chi connectivity index (χ2n) is 10.3. The fourth-order valence-corrected chi connectivity index (χ4v) is 6.78. The highest BCUT2D eigenvalue weighted by Crippen LogP contribution is 2.35. The number of thiazole rings is 2. The van der Waals surface area contributed by atoms with E-state index >= 15 is 0 Å². The van der Waals surface area contributed by atoms with Gasteiger partial charge in [-0.2, -0.15) is 0 Å². The zero-order valence-corrected chi connectivity index (χ0v) is 26.0. The summed E-state index contributed by atoms with van der Waals surface area (Å²) in [5.41, 5.74) is 7.62. The van der Waals surface area contributed by atoms with Crippen molar-refractivity contribution < 1.29 is 9.53 Å². The molecule has 5 nitrogen and oxygen atoms in total. The van der Waals surface area contributed by atoms with Crippen molar-refractivity contribution in [3.63, 3.8) is 0 Å². The second kappa shape index (κ2) is 12.7. The lowest BCUT2D eigenvalue weighted by Gasteiger charge is -2.26. The van der Waals surface area contributed by atoms with Crippen LogP contribution in [0.15, 0.2) is 121 Å². The summed E-state index contributed by atoms with van der Waals surface area (Å²) in [7, 11) is 1.39. The molecule has 0 spiro atoms. The van der Waals surface area contributed by atoms with E-state index in [0.717, 1.165) is 49.2 Å². The number of benzene rings is 5. The Kier molecular flexibility index (Phi) is 8.02. The van der Waals surface area contributed by atoms with E-state index in [-0.39, 0.29) is 5.97 Å². The van der Waals surface area contributed by atoms with E-state index in [2.05, 4.69) is 89.9 Å². The quantitative estimate of drug-likeness (QED) is 0.158. The summed E-state index contributed by atoms with van der Waals surface area (Å²) in [4.78, 5) is 23.7. The van der Waals surface area contributed by atoms with Crippen LogP contribution in [0.1, 0.15) is 31.5 Å². The Morgan fingerprint density at radius 1 is 0.578 bits per heavy atom. The normalized spacial score (nSPS) is 11.6. The number of ether oxygens (including phenoxy) is 1. The molecule has 45 heavy (non-hydrogen) atoms. The van der Waals surface area contributed by atoms with Gasteiger partial charge in [-0.05, 0) is 96.1 Å². The van der Waals surface area contributed by atoms with Gasteiger partial charge in [0.25, 0.3) is 0 Å². The highest BCUT2D eigenvalue weighted by Gasteiger charge is 2.14. The van der Waals surface area contributed by atoms with Crippen molar-refractivity contribution in [2.45, 2.75) is 0 Å². The number of carbonyl (C=O) groups excluding carboxylic acids is 1. The third kappa shape index (κ3) is 6.31. The predicted octanol–water partition coefficient (Wildman–Crippen LogP) is 10.5. The number of anilines is 3. The first-order valence-electron chi connectivity index (χ1n) is 14.4. The van der Waals surface area contributed by atoms with Crippen molar-refractivity contribution in [3.8, 4) is 0 Å². The van der Waals surface area contributed by atoms with Crippen LogP contribution in [0, 0.1) is 0 Å². The lowest BCUT2D eigenvalue weighted by atomic mass is 10.1. The first-order chi connectivity index (χ1) is 22.1. The smallest absolute Gasteiger partial charge is 0.337 e. The van der Waals surface area contributed by atoms with Crippen LogP contribution in [0.4, 0.5) is 17.1 Å². The Balaban J connectivity index is 1.16. The van der Waals surface area contributed by atoms with E-state index in [1.807, 2.05) is 48.5 Å². The Morgan fingerprint density at radius 2 is 1.00 bits per heavy atom.